The lowest BCUT2D eigenvalue weighted by atomic mass is 10.00. The number of piperazine rings is 1. The van der Waals surface area contributed by atoms with E-state index in [9.17, 15) is 14.4 Å². The third-order valence-electron chi connectivity index (χ3n) is 5.38. The Kier molecular flexibility index (Phi) is 7.78. The lowest BCUT2D eigenvalue weighted by molar-refractivity contribution is -0.132. The summed E-state index contributed by atoms with van der Waals surface area (Å²) in [4.78, 5) is 41.1. The molecule has 1 heterocycles. The predicted molar refractivity (Wildman–Crippen MR) is 121 cm³/mol. The van der Waals surface area contributed by atoms with E-state index in [1.165, 1.54) is 6.92 Å². The zero-order chi connectivity index (χ0) is 22.2. The van der Waals surface area contributed by atoms with Crippen LogP contribution < -0.4 is 10.6 Å². The minimum Gasteiger partial charge on any atom is -0.339 e. The zero-order valence-corrected chi connectivity index (χ0v) is 18.1. The summed E-state index contributed by atoms with van der Waals surface area (Å²) in [5.41, 5.74) is 2.12. The van der Waals surface area contributed by atoms with E-state index in [1.807, 2.05) is 30.3 Å². The average Bonchev–Trinajstić information content (AvgIpc) is 2.79. The molecule has 1 saturated heterocycles. The summed E-state index contributed by atoms with van der Waals surface area (Å²) < 4.78 is 0. The normalized spacial score (nSPS) is 14.6. The summed E-state index contributed by atoms with van der Waals surface area (Å²) in [5, 5.41) is 5.94. The van der Waals surface area contributed by atoms with E-state index in [1.54, 1.807) is 34.1 Å². The summed E-state index contributed by atoms with van der Waals surface area (Å²) in [5.74, 6) is -0.404. The molecule has 7 nitrogen and oxygen atoms in total. The standard InChI is InChI=1S/C24H30N4O3/c1-18(20-7-4-3-5-8-20)16-28(17-23(30)27-13-11-25-12-14-27)24(31)21-9-6-10-22(15-21)26-19(2)29/h3-10,15,18,25H,11-14,16-17H2,1-2H3,(H,26,29)/t18-/m1/s1. The van der Waals surface area contributed by atoms with Gasteiger partial charge in [-0.2, -0.15) is 0 Å². The lowest BCUT2D eigenvalue weighted by Gasteiger charge is -2.31. The first-order chi connectivity index (χ1) is 14.9. The van der Waals surface area contributed by atoms with Crippen LogP contribution in [0.15, 0.2) is 54.6 Å². The van der Waals surface area contributed by atoms with E-state index in [2.05, 4.69) is 17.6 Å². The van der Waals surface area contributed by atoms with Gasteiger partial charge in [0.1, 0.15) is 6.54 Å². The van der Waals surface area contributed by atoms with Gasteiger partial charge in [0.15, 0.2) is 0 Å². The molecule has 0 spiro atoms. The summed E-state index contributed by atoms with van der Waals surface area (Å²) in [7, 11) is 0. The Balaban J connectivity index is 1.80. The molecule has 0 radical (unpaired) electrons. The third kappa shape index (κ3) is 6.39. The molecule has 2 aromatic rings. The van der Waals surface area contributed by atoms with E-state index in [0.717, 1.165) is 18.7 Å². The van der Waals surface area contributed by atoms with E-state index in [-0.39, 0.29) is 30.2 Å². The SMILES string of the molecule is CC(=O)Nc1cccc(C(=O)N(CC(=O)N2CCNCC2)C[C@@H](C)c2ccccc2)c1. The highest BCUT2D eigenvalue weighted by Gasteiger charge is 2.25. The molecule has 0 bridgehead atoms. The Morgan fingerprint density at radius 3 is 2.45 bits per heavy atom. The number of hydrogen-bond acceptors (Lipinski definition) is 4. The van der Waals surface area contributed by atoms with Crippen molar-refractivity contribution in [1.82, 2.24) is 15.1 Å². The summed E-state index contributed by atoms with van der Waals surface area (Å²) >= 11 is 0. The fraction of sp³-hybridized carbons (Fsp3) is 0.375. The van der Waals surface area contributed by atoms with Gasteiger partial charge in [-0.1, -0.05) is 43.3 Å². The van der Waals surface area contributed by atoms with E-state index < -0.39 is 0 Å². The van der Waals surface area contributed by atoms with Crippen molar-refractivity contribution in [2.24, 2.45) is 0 Å². The smallest absolute Gasteiger partial charge is 0.254 e. The van der Waals surface area contributed by atoms with Crippen molar-refractivity contribution >= 4 is 23.4 Å². The highest BCUT2D eigenvalue weighted by molar-refractivity contribution is 5.98. The van der Waals surface area contributed by atoms with Crippen molar-refractivity contribution in [2.75, 3.05) is 44.6 Å². The van der Waals surface area contributed by atoms with Gasteiger partial charge in [0, 0.05) is 50.9 Å². The molecule has 1 atom stereocenters. The fourth-order valence-corrected chi connectivity index (χ4v) is 3.73. The molecule has 0 aromatic heterocycles. The molecule has 31 heavy (non-hydrogen) atoms. The second-order valence-electron chi connectivity index (χ2n) is 7.89. The first-order valence-corrected chi connectivity index (χ1v) is 10.6. The molecule has 3 rings (SSSR count). The van der Waals surface area contributed by atoms with Crippen LogP contribution in [0.3, 0.4) is 0 Å². The van der Waals surface area contributed by atoms with Crippen LogP contribution in [0.1, 0.15) is 35.7 Å². The third-order valence-corrected chi connectivity index (χ3v) is 5.38. The van der Waals surface area contributed by atoms with E-state index in [4.69, 9.17) is 0 Å². The molecular formula is C24H30N4O3. The van der Waals surface area contributed by atoms with E-state index in [0.29, 0.717) is 30.9 Å². The van der Waals surface area contributed by atoms with Gasteiger partial charge in [0.25, 0.3) is 5.91 Å². The molecule has 164 valence electrons. The van der Waals surface area contributed by atoms with Crippen molar-refractivity contribution < 1.29 is 14.4 Å². The zero-order valence-electron chi connectivity index (χ0n) is 18.1. The number of nitrogens with zero attached hydrogens (tertiary/aromatic N) is 2. The van der Waals surface area contributed by atoms with Crippen molar-refractivity contribution in [3.63, 3.8) is 0 Å². The number of benzene rings is 2. The maximum absolute atomic E-state index is 13.4. The largest absolute Gasteiger partial charge is 0.339 e. The van der Waals surface area contributed by atoms with Gasteiger partial charge in [-0.25, -0.2) is 0 Å². The van der Waals surface area contributed by atoms with Crippen LogP contribution in [0, 0.1) is 0 Å². The average molecular weight is 423 g/mol. The molecule has 1 aliphatic rings. The highest BCUT2D eigenvalue weighted by atomic mass is 16.2. The number of carbonyl (C=O) groups excluding carboxylic acids is 3. The maximum atomic E-state index is 13.4. The minimum absolute atomic E-state index is 0.0281. The number of rotatable bonds is 7. The van der Waals surface area contributed by atoms with Crippen LogP contribution in [0.25, 0.3) is 0 Å². The molecule has 3 amide bonds. The molecule has 7 heteroatoms. The summed E-state index contributed by atoms with van der Waals surface area (Å²) in [6, 6.07) is 16.8. The molecular weight excluding hydrogens is 392 g/mol. The van der Waals surface area contributed by atoms with Crippen LogP contribution >= 0.6 is 0 Å². The van der Waals surface area contributed by atoms with Gasteiger partial charge in [-0.3, -0.25) is 14.4 Å². The minimum atomic E-state index is -0.224. The monoisotopic (exact) mass is 422 g/mol. The Morgan fingerprint density at radius 2 is 1.77 bits per heavy atom. The van der Waals surface area contributed by atoms with Crippen LogP contribution in [0.5, 0.6) is 0 Å². The second-order valence-corrected chi connectivity index (χ2v) is 7.89. The van der Waals surface area contributed by atoms with Gasteiger partial charge in [-0.15, -0.1) is 0 Å². The predicted octanol–water partition coefficient (Wildman–Crippen LogP) is 2.32. The van der Waals surface area contributed by atoms with Crippen LogP contribution in [0.4, 0.5) is 5.69 Å². The maximum Gasteiger partial charge on any atom is 0.254 e. The van der Waals surface area contributed by atoms with Crippen molar-refractivity contribution in [3.05, 3.63) is 65.7 Å². The van der Waals surface area contributed by atoms with Gasteiger partial charge >= 0.3 is 0 Å². The molecule has 2 aromatic carbocycles. The molecule has 2 N–H and O–H groups in total. The Labute approximate surface area is 183 Å². The number of amides is 3. The van der Waals surface area contributed by atoms with Crippen LogP contribution in [-0.4, -0.2) is 66.8 Å². The first-order valence-electron chi connectivity index (χ1n) is 10.6. The number of nitrogens with one attached hydrogen (secondary N) is 2. The first kappa shape index (κ1) is 22.5. The summed E-state index contributed by atoms with van der Waals surface area (Å²) in [6.07, 6.45) is 0. The highest BCUT2D eigenvalue weighted by Crippen LogP contribution is 2.19. The topological polar surface area (TPSA) is 81.8 Å². The lowest BCUT2D eigenvalue weighted by Crippen LogP contribution is -2.50. The fourth-order valence-electron chi connectivity index (χ4n) is 3.73. The Bertz CT molecular complexity index is 910. The van der Waals surface area contributed by atoms with Crippen molar-refractivity contribution in [3.8, 4) is 0 Å². The van der Waals surface area contributed by atoms with Gasteiger partial charge in [0.05, 0.1) is 0 Å². The Hall–Kier alpha value is -3.19. The molecule has 0 saturated carbocycles. The second kappa shape index (κ2) is 10.7. The van der Waals surface area contributed by atoms with Gasteiger partial charge in [-0.05, 0) is 29.7 Å². The van der Waals surface area contributed by atoms with Crippen LogP contribution in [-0.2, 0) is 9.59 Å². The molecule has 0 unspecified atom stereocenters. The number of carbonyl (C=O) groups is 3. The molecule has 0 aliphatic carbocycles. The van der Waals surface area contributed by atoms with Crippen molar-refractivity contribution in [2.45, 2.75) is 19.8 Å². The molecule has 1 aliphatic heterocycles. The van der Waals surface area contributed by atoms with Gasteiger partial charge < -0.3 is 20.4 Å². The summed E-state index contributed by atoms with van der Waals surface area (Å²) in [6.45, 7) is 6.75. The molecule has 1 fully saturated rings. The van der Waals surface area contributed by atoms with Crippen LogP contribution in [0.2, 0.25) is 0 Å². The Morgan fingerprint density at radius 1 is 1.06 bits per heavy atom. The van der Waals surface area contributed by atoms with Crippen molar-refractivity contribution in [1.29, 1.82) is 0 Å². The number of anilines is 1. The quantitative estimate of drug-likeness (QED) is 0.718. The van der Waals surface area contributed by atoms with E-state index >= 15 is 0 Å². The number of hydrogen-bond donors (Lipinski definition) is 2. The van der Waals surface area contributed by atoms with Gasteiger partial charge in [0.2, 0.25) is 11.8 Å².